The van der Waals surface area contributed by atoms with E-state index in [0.29, 0.717) is 6.04 Å². The van der Waals surface area contributed by atoms with E-state index in [0.717, 1.165) is 28.9 Å². The quantitative estimate of drug-likeness (QED) is 0.712. The predicted molar refractivity (Wildman–Crippen MR) is 86.1 cm³/mol. The molecule has 0 saturated carbocycles. The van der Waals surface area contributed by atoms with Gasteiger partial charge in [-0.2, -0.15) is 0 Å². The largest absolute Gasteiger partial charge is 0.309 e. The summed E-state index contributed by atoms with van der Waals surface area (Å²) >= 11 is 13.3. The fraction of sp³-hybridized carbons (Fsp3) is 0.385. The maximum absolute atomic E-state index is 6.25. The van der Waals surface area contributed by atoms with Gasteiger partial charge < -0.3 is 5.32 Å². The van der Waals surface area contributed by atoms with Gasteiger partial charge in [0.15, 0.2) is 0 Å². The third kappa shape index (κ3) is 3.81. The monoisotopic (exact) mass is 363 g/mol. The summed E-state index contributed by atoms with van der Waals surface area (Å²) in [6, 6.07) is 4.49. The molecule has 1 N–H and O–H groups in total. The predicted octanol–water partition coefficient (Wildman–Crippen LogP) is 5.51. The molecule has 1 unspecified atom stereocenters. The van der Waals surface area contributed by atoms with Crippen molar-refractivity contribution in [1.29, 1.82) is 0 Å². The molecule has 5 heteroatoms. The van der Waals surface area contributed by atoms with Crippen LogP contribution in [0, 0.1) is 0 Å². The summed E-state index contributed by atoms with van der Waals surface area (Å²) in [6.07, 6.45) is 2.13. The molecule has 0 amide bonds. The summed E-state index contributed by atoms with van der Waals surface area (Å²) < 4.78 is 1.16. The average molecular weight is 365 g/mol. The molecule has 98 valence electrons. The van der Waals surface area contributed by atoms with E-state index in [1.165, 1.54) is 9.75 Å². The lowest BCUT2D eigenvalue weighted by Gasteiger charge is -2.17. The first-order valence-electron chi connectivity index (χ1n) is 5.90. The van der Waals surface area contributed by atoms with Gasteiger partial charge in [0.25, 0.3) is 0 Å². The number of halogens is 2. The molecular formula is C13H15BrClNS2. The Morgan fingerprint density at radius 3 is 2.83 bits per heavy atom. The number of hydrogen-bond acceptors (Lipinski definition) is 3. The molecule has 0 aliphatic carbocycles. The molecule has 0 radical (unpaired) electrons. The minimum atomic E-state index is 0.322. The zero-order valence-electron chi connectivity index (χ0n) is 10.1. The summed E-state index contributed by atoms with van der Waals surface area (Å²) in [5.41, 5.74) is 0. The van der Waals surface area contributed by atoms with Crippen LogP contribution < -0.4 is 5.32 Å². The number of rotatable bonds is 6. The lowest BCUT2D eigenvalue weighted by atomic mass is 10.1. The average Bonchev–Trinajstić information content (AvgIpc) is 2.93. The van der Waals surface area contributed by atoms with Gasteiger partial charge in [-0.1, -0.05) is 18.5 Å². The smallest absolute Gasteiger partial charge is 0.0561 e. The zero-order chi connectivity index (χ0) is 13.0. The molecule has 2 heterocycles. The van der Waals surface area contributed by atoms with Gasteiger partial charge in [-0.05, 0) is 46.4 Å². The normalized spacial score (nSPS) is 12.8. The van der Waals surface area contributed by atoms with Gasteiger partial charge >= 0.3 is 0 Å². The highest BCUT2D eigenvalue weighted by molar-refractivity contribution is 9.10. The SMILES string of the molecule is CCCNC(Cc1cc(Br)cs1)c1sccc1Cl. The fourth-order valence-electron chi connectivity index (χ4n) is 1.79. The number of thiophene rings is 2. The second-order valence-corrected chi connectivity index (χ2v) is 7.34. The van der Waals surface area contributed by atoms with Gasteiger partial charge in [0.1, 0.15) is 0 Å². The van der Waals surface area contributed by atoms with E-state index < -0.39 is 0 Å². The van der Waals surface area contributed by atoms with Crippen LogP contribution in [0.25, 0.3) is 0 Å². The van der Waals surface area contributed by atoms with Gasteiger partial charge in [0, 0.05) is 32.1 Å². The van der Waals surface area contributed by atoms with E-state index in [-0.39, 0.29) is 0 Å². The third-order valence-corrected chi connectivity index (χ3v) is 5.82. The molecule has 2 rings (SSSR count). The van der Waals surface area contributed by atoms with E-state index in [9.17, 15) is 0 Å². The summed E-state index contributed by atoms with van der Waals surface area (Å²) in [5, 5.41) is 8.65. The topological polar surface area (TPSA) is 12.0 Å². The Kier molecular flexibility index (Phi) is 5.70. The molecule has 18 heavy (non-hydrogen) atoms. The fourth-order valence-corrected chi connectivity index (χ4v) is 4.56. The van der Waals surface area contributed by atoms with Crippen molar-refractivity contribution < 1.29 is 0 Å². The van der Waals surface area contributed by atoms with Crippen LogP contribution in [0.4, 0.5) is 0 Å². The van der Waals surface area contributed by atoms with E-state index >= 15 is 0 Å². The number of hydrogen-bond donors (Lipinski definition) is 1. The Morgan fingerprint density at radius 1 is 1.44 bits per heavy atom. The van der Waals surface area contributed by atoms with Gasteiger partial charge in [-0.25, -0.2) is 0 Å². The van der Waals surface area contributed by atoms with Crippen molar-refractivity contribution in [1.82, 2.24) is 5.32 Å². The molecule has 0 bridgehead atoms. The first-order valence-corrected chi connectivity index (χ1v) is 8.83. The Hall–Kier alpha value is 0.130. The highest BCUT2D eigenvalue weighted by Crippen LogP contribution is 2.32. The van der Waals surface area contributed by atoms with E-state index in [1.54, 1.807) is 22.7 Å². The highest BCUT2D eigenvalue weighted by atomic mass is 79.9. The van der Waals surface area contributed by atoms with Crippen molar-refractivity contribution in [3.63, 3.8) is 0 Å². The standard InChI is InChI=1S/C13H15BrClNS2/c1-2-4-16-12(13-11(15)3-5-17-13)7-10-6-9(14)8-18-10/h3,5-6,8,12,16H,2,4,7H2,1H3. The lowest BCUT2D eigenvalue weighted by Crippen LogP contribution is -2.23. The molecule has 0 aromatic carbocycles. The van der Waals surface area contributed by atoms with Crippen molar-refractivity contribution in [3.05, 3.63) is 42.1 Å². The van der Waals surface area contributed by atoms with E-state index in [4.69, 9.17) is 11.6 Å². The first kappa shape index (κ1) is 14.5. The van der Waals surface area contributed by atoms with Crippen LogP contribution in [-0.2, 0) is 6.42 Å². The van der Waals surface area contributed by atoms with Crippen molar-refractivity contribution >= 4 is 50.2 Å². The molecular weight excluding hydrogens is 350 g/mol. The second kappa shape index (κ2) is 7.06. The van der Waals surface area contributed by atoms with Crippen LogP contribution in [0.15, 0.2) is 27.4 Å². The zero-order valence-corrected chi connectivity index (χ0v) is 14.1. The maximum Gasteiger partial charge on any atom is 0.0561 e. The maximum atomic E-state index is 6.25. The van der Waals surface area contributed by atoms with Crippen LogP contribution >= 0.6 is 50.2 Å². The molecule has 0 aliphatic rings. The van der Waals surface area contributed by atoms with Crippen molar-refractivity contribution in [3.8, 4) is 0 Å². The minimum Gasteiger partial charge on any atom is -0.309 e. The molecule has 1 atom stereocenters. The third-order valence-electron chi connectivity index (χ3n) is 2.63. The van der Waals surface area contributed by atoms with Gasteiger partial charge in [0.2, 0.25) is 0 Å². The second-order valence-electron chi connectivity index (χ2n) is 4.07. The summed E-state index contributed by atoms with van der Waals surface area (Å²) in [5.74, 6) is 0. The summed E-state index contributed by atoms with van der Waals surface area (Å²) in [4.78, 5) is 2.62. The van der Waals surface area contributed by atoms with Crippen LogP contribution in [0.5, 0.6) is 0 Å². The Balaban J connectivity index is 2.12. The van der Waals surface area contributed by atoms with Crippen molar-refractivity contribution in [2.75, 3.05) is 6.54 Å². The van der Waals surface area contributed by atoms with E-state index in [1.807, 2.05) is 6.07 Å². The van der Waals surface area contributed by atoms with Crippen LogP contribution in [0.2, 0.25) is 5.02 Å². The van der Waals surface area contributed by atoms with Crippen LogP contribution in [0.3, 0.4) is 0 Å². The lowest BCUT2D eigenvalue weighted by molar-refractivity contribution is 0.540. The summed E-state index contributed by atoms with van der Waals surface area (Å²) in [6.45, 7) is 3.20. The molecule has 0 fully saturated rings. The molecule has 0 saturated heterocycles. The Bertz CT molecular complexity index is 495. The van der Waals surface area contributed by atoms with Crippen LogP contribution in [-0.4, -0.2) is 6.54 Å². The van der Waals surface area contributed by atoms with Gasteiger partial charge in [-0.3, -0.25) is 0 Å². The van der Waals surface area contributed by atoms with Crippen molar-refractivity contribution in [2.45, 2.75) is 25.8 Å². The Morgan fingerprint density at radius 2 is 2.28 bits per heavy atom. The van der Waals surface area contributed by atoms with Crippen LogP contribution in [0.1, 0.15) is 29.1 Å². The first-order chi connectivity index (χ1) is 8.70. The van der Waals surface area contributed by atoms with Gasteiger partial charge in [-0.15, -0.1) is 22.7 Å². The Labute approximate surface area is 129 Å². The molecule has 2 aromatic rings. The molecule has 2 aromatic heterocycles. The molecule has 0 aliphatic heterocycles. The van der Waals surface area contributed by atoms with E-state index in [2.05, 4.69) is 45.0 Å². The highest BCUT2D eigenvalue weighted by Gasteiger charge is 2.17. The van der Waals surface area contributed by atoms with Gasteiger partial charge in [0.05, 0.1) is 5.02 Å². The minimum absolute atomic E-state index is 0.322. The summed E-state index contributed by atoms with van der Waals surface area (Å²) in [7, 11) is 0. The molecule has 0 spiro atoms. The number of nitrogens with one attached hydrogen (secondary N) is 1. The van der Waals surface area contributed by atoms with Crippen molar-refractivity contribution in [2.24, 2.45) is 0 Å². The molecule has 1 nitrogen and oxygen atoms in total.